The average molecular weight is 199 g/mol. The van der Waals surface area contributed by atoms with E-state index in [0.29, 0.717) is 19.0 Å². The van der Waals surface area contributed by atoms with Crippen LogP contribution in [0.2, 0.25) is 0 Å². The first-order valence-corrected chi connectivity index (χ1v) is 4.57. The number of hydrogen-bond acceptors (Lipinski definition) is 3. The molecule has 0 aliphatic carbocycles. The molecule has 0 aromatic rings. The molecule has 0 spiro atoms. The van der Waals surface area contributed by atoms with Crippen LogP contribution in [0.1, 0.15) is 13.8 Å². The van der Waals surface area contributed by atoms with Gasteiger partial charge in [0.05, 0.1) is 6.54 Å². The number of primary amides is 1. The normalized spacial score (nSPS) is 10.3. The molecule has 0 fully saturated rings. The Balaban J connectivity index is 3.96. The van der Waals surface area contributed by atoms with Crippen molar-refractivity contribution in [3.05, 3.63) is 10.4 Å². The summed E-state index contributed by atoms with van der Waals surface area (Å²) < 4.78 is 0. The van der Waals surface area contributed by atoms with Gasteiger partial charge in [-0.15, -0.1) is 0 Å². The minimum Gasteiger partial charge on any atom is -0.369 e. The second kappa shape index (κ2) is 7.17. The zero-order chi connectivity index (χ0) is 11.0. The summed E-state index contributed by atoms with van der Waals surface area (Å²) in [6, 6.07) is 0. The summed E-state index contributed by atoms with van der Waals surface area (Å²) >= 11 is 0. The Morgan fingerprint density at radius 3 is 2.71 bits per heavy atom. The van der Waals surface area contributed by atoms with Crippen molar-refractivity contribution in [2.75, 3.05) is 26.2 Å². The number of rotatable bonds is 7. The lowest BCUT2D eigenvalue weighted by atomic mass is 10.2. The van der Waals surface area contributed by atoms with Crippen molar-refractivity contribution in [3.63, 3.8) is 0 Å². The largest absolute Gasteiger partial charge is 0.369 e. The lowest BCUT2D eigenvalue weighted by molar-refractivity contribution is -0.119. The van der Waals surface area contributed by atoms with Gasteiger partial charge in [0.25, 0.3) is 0 Å². The molecular weight excluding hydrogens is 182 g/mol. The molecule has 0 rings (SSSR count). The fourth-order valence-corrected chi connectivity index (χ4v) is 1.20. The van der Waals surface area contributed by atoms with Crippen LogP contribution in [-0.4, -0.2) is 37.0 Å². The van der Waals surface area contributed by atoms with Crippen LogP contribution in [0.4, 0.5) is 0 Å². The first kappa shape index (κ1) is 12.7. The van der Waals surface area contributed by atoms with Crippen molar-refractivity contribution in [2.45, 2.75) is 13.8 Å². The zero-order valence-electron chi connectivity index (χ0n) is 8.68. The Hall–Kier alpha value is -1.26. The summed E-state index contributed by atoms with van der Waals surface area (Å²) in [4.78, 5) is 15.2. The Morgan fingerprint density at radius 1 is 1.64 bits per heavy atom. The van der Waals surface area contributed by atoms with Gasteiger partial charge >= 0.3 is 0 Å². The molecule has 0 aromatic heterocycles. The monoisotopic (exact) mass is 199 g/mol. The van der Waals surface area contributed by atoms with Gasteiger partial charge in [-0.2, -0.15) is 0 Å². The molecule has 0 radical (unpaired) electrons. The first-order chi connectivity index (χ1) is 6.56. The molecule has 0 aliphatic rings. The third-order valence-electron chi connectivity index (χ3n) is 1.58. The quantitative estimate of drug-likeness (QED) is 0.372. The number of azide groups is 1. The highest BCUT2D eigenvalue weighted by Gasteiger charge is 2.08. The molecule has 0 heterocycles. The highest BCUT2D eigenvalue weighted by atomic mass is 16.1. The summed E-state index contributed by atoms with van der Waals surface area (Å²) in [5, 5.41) is 3.41. The SMILES string of the molecule is CC(C)CN(CCN=[N+]=[N-])CC(N)=O. The Morgan fingerprint density at radius 2 is 2.29 bits per heavy atom. The lowest BCUT2D eigenvalue weighted by Gasteiger charge is -2.21. The van der Waals surface area contributed by atoms with Gasteiger partial charge in [0.1, 0.15) is 0 Å². The van der Waals surface area contributed by atoms with E-state index < -0.39 is 0 Å². The van der Waals surface area contributed by atoms with Gasteiger partial charge in [-0.05, 0) is 11.4 Å². The predicted octanol–water partition coefficient (Wildman–Crippen LogP) is 0.740. The predicted molar refractivity (Wildman–Crippen MR) is 54.5 cm³/mol. The Bertz CT molecular complexity index is 222. The second-order valence-corrected chi connectivity index (χ2v) is 3.55. The zero-order valence-corrected chi connectivity index (χ0v) is 8.68. The van der Waals surface area contributed by atoms with Gasteiger partial charge in [0.15, 0.2) is 0 Å². The van der Waals surface area contributed by atoms with Crippen molar-refractivity contribution in [2.24, 2.45) is 16.8 Å². The van der Waals surface area contributed by atoms with E-state index in [1.807, 2.05) is 4.90 Å². The topological polar surface area (TPSA) is 95.1 Å². The maximum absolute atomic E-state index is 10.7. The molecule has 0 atom stereocenters. The van der Waals surface area contributed by atoms with Crippen LogP contribution in [0.15, 0.2) is 5.11 Å². The molecule has 0 aliphatic heterocycles. The number of carbonyl (C=O) groups is 1. The van der Waals surface area contributed by atoms with Gasteiger partial charge in [0, 0.05) is 24.5 Å². The van der Waals surface area contributed by atoms with Gasteiger partial charge in [-0.3, -0.25) is 9.69 Å². The fourth-order valence-electron chi connectivity index (χ4n) is 1.20. The van der Waals surface area contributed by atoms with Crippen molar-refractivity contribution >= 4 is 5.91 Å². The van der Waals surface area contributed by atoms with Gasteiger partial charge in [-0.25, -0.2) is 0 Å². The van der Waals surface area contributed by atoms with E-state index in [9.17, 15) is 4.79 Å². The molecule has 14 heavy (non-hydrogen) atoms. The van der Waals surface area contributed by atoms with E-state index in [2.05, 4.69) is 23.9 Å². The Labute approximate surface area is 83.7 Å². The lowest BCUT2D eigenvalue weighted by Crippen LogP contribution is -2.37. The number of carbonyl (C=O) groups excluding carboxylic acids is 1. The maximum Gasteiger partial charge on any atom is 0.231 e. The van der Waals surface area contributed by atoms with E-state index in [-0.39, 0.29) is 12.5 Å². The number of amides is 1. The summed E-state index contributed by atoms with van der Waals surface area (Å²) in [6.45, 7) is 6.06. The Kier molecular flexibility index (Phi) is 6.53. The summed E-state index contributed by atoms with van der Waals surface area (Å²) in [7, 11) is 0. The van der Waals surface area contributed by atoms with Crippen LogP contribution in [0.5, 0.6) is 0 Å². The minimum absolute atomic E-state index is 0.221. The van der Waals surface area contributed by atoms with Crippen LogP contribution < -0.4 is 5.73 Å². The van der Waals surface area contributed by atoms with Crippen LogP contribution in [-0.2, 0) is 4.79 Å². The number of nitrogens with zero attached hydrogens (tertiary/aromatic N) is 4. The highest BCUT2D eigenvalue weighted by Crippen LogP contribution is 1.97. The molecule has 6 nitrogen and oxygen atoms in total. The fraction of sp³-hybridized carbons (Fsp3) is 0.875. The summed E-state index contributed by atoms with van der Waals surface area (Å²) in [6.07, 6.45) is 0. The van der Waals surface area contributed by atoms with Crippen molar-refractivity contribution in [1.82, 2.24) is 4.90 Å². The van der Waals surface area contributed by atoms with E-state index in [0.717, 1.165) is 6.54 Å². The summed E-state index contributed by atoms with van der Waals surface area (Å²) in [5.41, 5.74) is 13.2. The highest BCUT2D eigenvalue weighted by molar-refractivity contribution is 5.75. The molecule has 0 saturated heterocycles. The molecular formula is C8H17N5O. The van der Waals surface area contributed by atoms with E-state index in [1.165, 1.54) is 0 Å². The standard InChI is InChI=1S/C8H17N5O/c1-7(2)5-13(6-8(9)14)4-3-11-12-10/h7H,3-6H2,1-2H3,(H2,9,14). The average Bonchev–Trinajstić information content (AvgIpc) is 2.02. The van der Waals surface area contributed by atoms with Gasteiger partial charge < -0.3 is 5.73 Å². The van der Waals surface area contributed by atoms with Crippen LogP contribution >= 0.6 is 0 Å². The second-order valence-electron chi connectivity index (χ2n) is 3.55. The smallest absolute Gasteiger partial charge is 0.231 e. The van der Waals surface area contributed by atoms with Gasteiger partial charge in [-0.1, -0.05) is 19.0 Å². The molecule has 1 amide bonds. The van der Waals surface area contributed by atoms with E-state index in [4.69, 9.17) is 11.3 Å². The van der Waals surface area contributed by atoms with Gasteiger partial charge in [0.2, 0.25) is 5.91 Å². The third-order valence-corrected chi connectivity index (χ3v) is 1.58. The number of hydrogen-bond donors (Lipinski definition) is 1. The first-order valence-electron chi connectivity index (χ1n) is 4.57. The molecule has 6 heteroatoms. The van der Waals surface area contributed by atoms with E-state index in [1.54, 1.807) is 0 Å². The third kappa shape index (κ3) is 7.39. The molecule has 2 N–H and O–H groups in total. The molecule has 80 valence electrons. The van der Waals surface area contributed by atoms with Crippen molar-refractivity contribution in [3.8, 4) is 0 Å². The summed E-state index contributed by atoms with van der Waals surface area (Å²) in [5.74, 6) is 0.104. The number of nitrogens with two attached hydrogens (primary N) is 1. The molecule has 0 saturated carbocycles. The van der Waals surface area contributed by atoms with Crippen LogP contribution in [0.3, 0.4) is 0 Å². The molecule has 0 unspecified atom stereocenters. The van der Waals surface area contributed by atoms with Crippen molar-refractivity contribution < 1.29 is 4.79 Å². The maximum atomic E-state index is 10.7. The molecule has 0 aromatic carbocycles. The van der Waals surface area contributed by atoms with Crippen LogP contribution in [0.25, 0.3) is 10.4 Å². The molecule has 0 bridgehead atoms. The van der Waals surface area contributed by atoms with Crippen LogP contribution in [0, 0.1) is 5.92 Å². The minimum atomic E-state index is -0.355. The van der Waals surface area contributed by atoms with Crippen molar-refractivity contribution in [1.29, 1.82) is 0 Å². The van der Waals surface area contributed by atoms with E-state index >= 15 is 0 Å².